The normalized spacial score (nSPS) is 12.4. The van der Waals surface area contributed by atoms with E-state index in [0.29, 0.717) is 5.56 Å². The zero-order chi connectivity index (χ0) is 14.5. The molecule has 0 saturated carbocycles. The van der Waals surface area contributed by atoms with Crippen LogP contribution in [-0.4, -0.2) is 11.5 Å². The lowest BCUT2D eigenvalue weighted by Gasteiger charge is -2.20. The number of nitrogens with one attached hydrogen (secondary N) is 1. The predicted molar refractivity (Wildman–Crippen MR) is 80.2 cm³/mol. The molecule has 1 heterocycles. The Labute approximate surface area is 120 Å². The summed E-state index contributed by atoms with van der Waals surface area (Å²) in [6.45, 7) is 6.80. The molecule has 1 aromatic heterocycles. The van der Waals surface area contributed by atoms with Crippen molar-refractivity contribution in [3.8, 4) is 0 Å². The van der Waals surface area contributed by atoms with E-state index in [-0.39, 0.29) is 11.9 Å². The second-order valence-corrected chi connectivity index (χ2v) is 5.19. The fourth-order valence-electron chi connectivity index (χ4n) is 2.24. The Balaban J connectivity index is 2.38. The lowest BCUT2D eigenvalue weighted by atomic mass is 9.98. The first kappa shape index (κ1) is 14.7. The molecule has 3 heteroatoms. The topological polar surface area (TPSA) is 24.9 Å². The molecule has 0 saturated heterocycles. The fraction of sp³-hybridized carbons (Fsp3) is 0.353. The van der Waals surface area contributed by atoms with Crippen LogP contribution in [0, 0.1) is 19.7 Å². The van der Waals surface area contributed by atoms with Gasteiger partial charge in [0.25, 0.3) is 0 Å². The Hall–Kier alpha value is -1.74. The van der Waals surface area contributed by atoms with Crippen LogP contribution in [0.4, 0.5) is 4.39 Å². The second-order valence-electron chi connectivity index (χ2n) is 5.19. The van der Waals surface area contributed by atoms with Gasteiger partial charge in [0.15, 0.2) is 0 Å². The van der Waals surface area contributed by atoms with Gasteiger partial charge >= 0.3 is 0 Å². The van der Waals surface area contributed by atoms with E-state index < -0.39 is 0 Å². The van der Waals surface area contributed by atoms with Gasteiger partial charge in [-0.2, -0.15) is 0 Å². The van der Waals surface area contributed by atoms with Crippen molar-refractivity contribution in [2.45, 2.75) is 33.2 Å². The van der Waals surface area contributed by atoms with E-state index in [0.717, 1.165) is 29.7 Å². The summed E-state index contributed by atoms with van der Waals surface area (Å²) >= 11 is 0. The molecule has 1 aromatic carbocycles. The summed E-state index contributed by atoms with van der Waals surface area (Å²) in [6.07, 6.45) is 4.71. The minimum absolute atomic E-state index is 0.0163. The van der Waals surface area contributed by atoms with Gasteiger partial charge in [-0.1, -0.05) is 25.1 Å². The van der Waals surface area contributed by atoms with Crippen molar-refractivity contribution in [3.05, 3.63) is 64.7 Å². The summed E-state index contributed by atoms with van der Waals surface area (Å²) in [5, 5.41) is 3.47. The first-order chi connectivity index (χ1) is 9.61. The van der Waals surface area contributed by atoms with Crippen LogP contribution in [0.2, 0.25) is 0 Å². The highest BCUT2D eigenvalue weighted by Gasteiger charge is 2.15. The molecule has 0 aliphatic rings. The third-order valence-electron chi connectivity index (χ3n) is 3.36. The van der Waals surface area contributed by atoms with Crippen LogP contribution in [0.25, 0.3) is 0 Å². The molecule has 0 radical (unpaired) electrons. The molecule has 106 valence electrons. The van der Waals surface area contributed by atoms with Gasteiger partial charge < -0.3 is 5.32 Å². The van der Waals surface area contributed by atoms with Crippen molar-refractivity contribution >= 4 is 0 Å². The highest BCUT2D eigenvalue weighted by molar-refractivity contribution is 5.34. The largest absolute Gasteiger partial charge is 0.306 e. The quantitative estimate of drug-likeness (QED) is 0.892. The van der Waals surface area contributed by atoms with Crippen molar-refractivity contribution in [1.29, 1.82) is 0 Å². The number of pyridine rings is 1. The van der Waals surface area contributed by atoms with E-state index >= 15 is 0 Å². The lowest BCUT2D eigenvalue weighted by Crippen LogP contribution is -2.23. The van der Waals surface area contributed by atoms with Gasteiger partial charge in [0.1, 0.15) is 5.82 Å². The van der Waals surface area contributed by atoms with Crippen LogP contribution in [0.3, 0.4) is 0 Å². The van der Waals surface area contributed by atoms with Gasteiger partial charge in [0.05, 0.1) is 6.04 Å². The maximum absolute atomic E-state index is 13.8. The molecule has 1 unspecified atom stereocenters. The van der Waals surface area contributed by atoms with Crippen molar-refractivity contribution < 1.29 is 4.39 Å². The number of hydrogen-bond acceptors (Lipinski definition) is 2. The number of aromatic nitrogens is 1. The summed E-state index contributed by atoms with van der Waals surface area (Å²) in [7, 11) is 0. The molecule has 0 bridgehead atoms. The summed E-state index contributed by atoms with van der Waals surface area (Å²) in [6, 6.07) is 7.50. The number of rotatable bonds is 5. The average Bonchev–Trinajstić information content (AvgIpc) is 2.43. The smallest absolute Gasteiger partial charge is 0.126 e. The van der Waals surface area contributed by atoms with Crippen LogP contribution in [0.15, 0.2) is 36.7 Å². The summed E-state index contributed by atoms with van der Waals surface area (Å²) in [5.74, 6) is -0.161. The Morgan fingerprint density at radius 2 is 1.95 bits per heavy atom. The molecular weight excluding hydrogens is 251 g/mol. The number of halogens is 1. The van der Waals surface area contributed by atoms with Gasteiger partial charge in [0.2, 0.25) is 0 Å². The van der Waals surface area contributed by atoms with Crippen molar-refractivity contribution in [2.75, 3.05) is 6.54 Å². The number of benzene rings is 1. The minimum atomic E-state index is -0.161. The minimum Gasteiger partial charge on any atom is -0.306 e. The highest BCUT2D eigenvalue weighted by atomic mass is 19.1. The molecule has 0 aliphatic heterocycles. The van der Waals surface area contributed by atoms with E-state index in [2.05, 4.69) is 23.3 Å². The van der Waals surface area contributed by atoms with Gasteiger partial charge in [0, 0.05) is 12.4 Å². The molecule has 2 nitrogen and oxygen atoms in total. The van der Waals surface area contributed by atoms with Crippen LogP contribution in [0.5, 0.6) is 0 Å². The van der Waals surface area contributed by atoms with E-state index in [4.69, 9.17) is 0 Å². The number of aryl methyl sites for hydroxylation is 2. The number of nitrogens with zero attached hydrogens (tertiary/aromatic N) is 1. The van der Waals surface area contributed by atoms with Crippen molar-refractivity contribution in [2.24, 2.45) is 0 Å². The summed E-state index contributed by atoms with van der Waals surface area (Å²) in [5.41, 5.74) is 3.79. The number of hydrogen-bond donors (Lipinski definition) is 1. The van der Waals surface area contributed by atoms with Gasteiger partial charge in [-0.3, -0.25) is 4.98 Å². The van der Waals surface area contributed by atoms with Gasteiger partial charge in [-0.05, 0) is 55.1 Å². The Kier molecular flexibility index (Phi) is 4.85. The third-order valence-corrected chi connectivity index (χ3v) is 3.36. The maximum Gasteiger partial charge on any atom is 0.126 e. The van der Waals surface area contributed by atoms with Crippen LogP contribution < -0.4 is 5.32 Å². The summed E-state index contributed by atoms with van der Waals surface area (Å²) in [4.78, 5) is 4.24. The molecule has 0 fully saturated rings. The van der Waals surface area contributed by atoms with Gasteiger partial charge in [-0.15, -0.1) is 0 Å². The molecule has 2 aromatic rings. The Morgan fingerprint density at radius 3 is 2.60 bits per heavy atom. The molecule has 0 amide bonds. The molecule has 0 spiro atoms. The lowest BCUT2D eigenvalue weighted by molar-refractivity contribution is 0.581. The molecule has 1 N–H and O–H groups in total. The maximum atomic E-state index is 13.8. The van der Waals surface area contributed by atoms with Crippen LogP contribution >= 0.6 is 0 Å². The third kappa shape index (κ3) is 3.42. The molecule has 20 heavy (non-hydrogen) atoms. The van der Waals surface area contributed by atoms with E-state index in [1.807, 2.05) is 31.5 Å². The van der Waals surface area contributed by atoms with Gasteiger partial charge in [-0.25, -0.2) is 4.39 Å². The molecule has 0 aliphatic carbocycles. The first-order valence-electron chi connectivity index (χ1n) is 7.02. The Morgan fingerprint density at radius 1 is 1.15 bits per heavy atom. The second kappa shape index (κ2) is 6.62. The van der Waals surface area contributed by atoms with Crippen LogP contribution in [0.1, 0.15) is 41.6 Å². The first-order valence-corrected chi connectivity index (χ1v) is 7.02. The standard InChI is InChI=1S/C17H21FN2/c1-4-7-20-17(15-8-12(2)10-19-11-15)14-6-5-13(3)16(18)9-14/h5-6,8-11,17,20H,4,7H2,1-3H3. The summed E-state index contributed by atoms with van der Waals surface area (Å²) < 4.78 is 13.8. The van der Waals surface area contributed by atoms with Crippen molar-refractivity contribution in [1.82, 2.24) is 10.3 Å². The zero-order valence-electron chi connectivity index (χ0n) is 12.3. The molecular formula is C17H21FN2. The van der Waals surface area contributed by atoms with Crippen LogP contribution in [-0.2, 0) is 0 Å². The monoisotopic (exact) mass is 272 g/mol. The fourth-order valence-corrected chi connectivity index (χ4v) is 2.24. The van der Waals surface area contributed by atoms with E-state index in [9.17, 15) is 4.39 Å². The predicted octanol–water partition coefficient (Wildman–Crippen LogP) is 3.93. The Bertz CT molecular complexity index is 581. The van der Waals surface area contributed by atoms with Crippen molar-refractivity contribution in [3.63, 3.8) is 0 Å². The van der Waals surface area contributed by atoms with E-state index in [1.165, 1.54) is 0 Å². The SMILES string of the molecule is CCCNC(c1cncc(C)c1)c1ccc(C)c(F)c1. The molecule has 2 rings (SSSR count). The zero-order valence-corrected chi connectivity index (χ0v) is 12.3. The van der Waals surface area contributed by atoms with E-state index in [1.54, 1.807) is 13.0 Å². The molecule has 1 atom stereocenters. The highest BCUT2D eigenvalue weighted by Crippen LogP contribution is 2.24. The average molecular weight is 272 g/mol.